The normalized spacial score (nSPS) is 10.3. The van der Waals surface area contributed by atoms with E-state index >= 15 is 0 Å². The maximum absolute atomic E-state index is 10.8. The van der Waals surface area contributed by atoms with E-state index in [1.807, 2.05) is 18.2 Å². The number of non-ortho nitro benzene ring substituents is 1. The van der Waals surface area contributed by atoms with Crippen molar-refractivity contribution in [3.05, 3.63) is 64.0 Å². The lowest BCUT2D eigenvalue weighted by atomic mass is 10.1. The molecule has 1 N–H and O–H groups in total. The van der Waals surface area contributed by atoms with Crippen LogP contribution < -0.4 is 10.1 Å². The van der Waals surface area contributed by atoms with Gasteiger partial charge in [0.05, 0.1) is 12.0 Å². The Labute approximate surface area is 122 Å². The van der Waals surface area contributed by atoms with Gasteiger partial charge in [0.15, 0.2) is 0 Å². The molecule has 1 heterocycles. The van der Waals surface area contributed by atoms with E-state index in [-0.39, 0.29) is 5.69 Å². The number of ether oxygens (including phenoxy) is 1. The first kappa shape index (κ1) is 14.9. The molecule has 6 nitrogen and oxygen atoms in total. The highest BCUT2D eigenvalue weighted by molar-refractivity contribution is 5.43. The van der Waals surface area contributed by atoms with Crippen LogP contribution in [0.1, 0.15) is 11.3 Å². The molecule has 0 amide bonds. The molecule has 0 saturated heterocycles. The van der Waals surface area contributed by atoms with Crippen molar-refractivity contribution in [3.8, 4) is 5.75 Å². The summed E-state index contributed by atoms with van der Waals surface area (Å²) in [6.07, 6.45) is 2.57. The van der Waals surface area contributed by atoms with Crippen LogP contribution in [0.25, 0.3) is 0 Å². The number of nitro benzene ring substituents is 1. The molecule has 0 unspecified atom stereocenters. The Morgan fingerprint density at radius 1 is 1.33 bits per heavy atom. The van der Waals surface area contributed by atoms with Crippen molar-refractivity contribution in [1.82, 2.24) is 10.3 Å². The van der Waals surface area contributed by atoms with Crippen molar-refractivity contribution in [2.75, 3.05) is 13.7 Å². The Morgan fingerprint density at radius 2 is 2.19 bits per heavy atom. The molecule has 0 fully saturated rings. The van der Waals surface area contributed by atoms with Crippen LogP contribution in [0.15, 0.2) is 42.6 Å². The van der Waals surface area contributed by atoms with E-state index < -0.39 is 4.92 Å². The molecule has 0 radical (unpaired) electrons. The Bertz CT molecular complexity index is 602. The molecule has 21 heavy (non-hydrogen) atoms. The fourth-order valence-corrected chi connectivity index (χ4v) is 2.00. The monoisotopic (exact) mass is 287 g/mol. The molecule has 0 atom stereocenters. The van der Waals surface area contributed by atoms with Gasteiger partial charge in [0.1, 0.15) is 5.75 Å². The number of nitrogens with one attached hydrogen (secondary N) is 1. The predicted octanol–water partition coefficient (Wildman–Crippen LogP) is 2.33. The fraction of sp³-hybridized carbons (Fsp3) is 0.267. The molecule has 0 spiro atoms. The molecule has 2 aromatic rings. The Hall–Kier alpha value is -2.47. The van der Waals surface area contributed by atoms with Crippen LogP contribution in [-0.4, -0.2) is 23.6 Å². The van der Waals surface area contributed by atoms with Crippen molar-refractivity contribution in [1.29, 1.82) is 0 Å². The summed E-state index contributed by atoms with van der Waals surface area (Å²) in [7, 11) is 1.55. The number of hydrogen-bond donors (Lipinski definition) is 1. The summed E-state index contributed by atoms with van der Waals surface area (Å²) in [4.78, 5) is 14.6. The summed E-state index contributed by atoms with van der Waals surface area (Å²) >= 11 is 0. The van der Waals surface area contributed by atoms with Crippen LogP contribution in [0, 0.1) is 10.1 Å². The number of aromatic nitrogens is 1. The van der Waals surface area contributed by atoms with Crippen LogP contribution in [0.5, 0.6) is 5.75 Å². The van der Waals surface area contributed by atoms with Crippen LogP contribution in [-0.2, 0) is 13.0 Å². The summed E-state index contributed by atoms with van der Waals surface area (Å²) in [5.41, 5.74) is 1.85. The second-order valence-electron chi connectivity index (χ2n) is 4.50. The molecule has 0 saturated carbocycles. The highest BCUT2D eigenvalue weighted by atomic mass is 16.6. The number of methoxy groups -OCH3 is 1. The summed E-state index contributed by atoms with van der Waals surface area (Å²) in [6, 6.07) is 10.4. The highest BCUT2D eigenvalue weighted by Crippen LogP contribution is 2.23. The molecule has 1 aromatic heterocycles. The van der Waals surface area contributed by atoms with Crippen LogP contribution >= 0.6 is 0 Å². The maximum Gasteiger partial charge on any atom is 0.270 e. The van der Waals surface area contributed by atoms with E-state index in [2.05, 4.69) is 10.3 Å². The van der Waals surface area contributed by atoms with E-state index in [4.69, 9.17) is 4.74 Å². The summed E-state index contributed by atoms with van der Waals surface area (Å²) in [5, 5.41) is 14.1. The van der Waals surface area contributed by atoms with Gasteiger partial charge in [-0.05, 0) is 18.2 Å². The van der Waals surface area contributed by atoms with Gasteiger partial charge in [0.2, 0.25) is 0 Å². The first-order valence-corrected chi connectivity index (χ1v) is 6.62. The molecule has 6 heteroatoms. The Morgan fingerprint density at radius 3 is 2.86 bits per heavy atom. The summed E-state index contributed by atoms with van der Waals surface area (Å²) in [6.45, 7) is 1.25. The zero-order valence-electron chi connectivity index (χ0n) is 11.8. The van der Waals surface area contributed by atoms with Gasteiger partial charge in [-0.3, -0.25) is 15.1 Å². The number of benzene rings is 1. The molecule has 0 aliphatic rings. The van der Waals surface area contributed by atoms with E-state index in [0.29, 0.717) is 12.3 Å². The highest BCUT2D eigenvalue weighted by Gasteiger charge is 2.10. The first-order valence-electron chi connectivity index (χ1n) is 6.62. The van der Waals surface area contributed by atoms with Crippen molar-refractivity contribution < 1.29 is 9.66 Å². The smallest absolute Gasteiger partial charge is 0.270 e. The van der Waals surface area contributed by atoms with Crippen molar-refractivity contribution in [3.63, 3.8) is 0 Å². The van der Waals surface area contributed by atoms with Gasteiger partial charge in [-0.15, -0.1) is 0 Å². The van der Waals surface area contributed by atoms with E-state index in [1.165, 1.54) is 12.1 Å². The van der Waals surface area contributed by atoms with Crippen molar-refractivity contribution in [2.45, 2.75) is 13.0 Å². The van der Waals surface area contributed by atoms with Gasteiger partial charge in [0.25, 0.3) is 5.69 Å². The molecular weight excluding hydrogens is 270 g/mol. The molecular formula is C15H17N3O3. The van der Waals surface area contributed by atoms with Gasteiger partial charge < -0.3 is 10.1 Å². The third-order valence-corrected chi connectivity index (χ3v) is 3.07. The van der Waals surface area contributed by atoms with Crippen LogP contribution in [0.4, 0.5) is 5.69 Å². The third-order valence-electron chi connectivity index (χ3n) is 3.07. The number of rotatable bonds is 7. The van der Waals surface area contributed by atoms with Crippen molar-refractivity contribution in [2.24, 2.45) is 0 Å². The second kappa shape index (κ2) is 7.35. The molecule has 1 aromatic carbocycles. The SMILES string of the molecule is COc1ccc([N+](=O)[O-])cc1CNCCc1ccccn1. The van der Waals surface area contributed by atoms with E-state index in [1.54, 1.807) is 19.4 Å². The Balaban J connectivity index is 1.92. The second-order valence-corrected chi connectivity index (χ2v) is 4.50. The van der Waals surface area contributed by atoms with Crippen molar-refractivity contribution >= 4 is 5.69 Å². The minimum Gasteiger partial charge on any atom is -0.496 e. The van der Waals surface area contributed by atoms with E-state index in [0.717, 1.165) is 24.2 Å². The van der Waals surface area contributed by atoms with E-state index in [9.17, 15) is 10.1 Å². The topological polar surface area (TPSA) is 77.3 Å². The van der Waals surface area contributed by atoms with Gasteiger partial charge in [0, 0.05) is 49.1 Å². The predicted molar refractivity (Wildman–Crippen MR) is 79.3 cm³/mol. The zero-order valence-corrected chi connectivity index (χ0v) is 11.8. The lowest BCUT2D eigenvalue weighted by Crippen LogP contribution is -2.17. The summed E-state index contributed by atoms with van der Waals surface area (Å²) in [5.74, 6) is 0.644. The summed E-state index contributed by atoms with van der Waals surface area (Å²) < 4.78 is 5.22. The number of nitro groups is 1. The maximum atomic E-state index is 10.8. The molecule has 2 rings (SSSR count). The number of hydrogen-bond acceptors (Lipinski definition) is 5. The van der Waals surface area contributed by atoms with Crippen LogP contribution in [0.3, 0.4) is 0 Å². The minimum absolute atomic E-state index is 0.0670. The number of nitrogens with zero attached hydrogens (tertiary/aromatic N) is 2. The zero-order chi connectivity index (χ0) is 15.1. The number of pyridine rings is 1. The average Bonchev–Trinajstić information content (AvgIpc) is 2.52. The molecule has 0 bridgehead atoms. The van der Waals surface area contributed by atoms with Gasteiger partial charge in [-0.25, -0.2) is 0 Å². The minimum atomic E-state index is -0.406. The Kier molecular flexibility index (Phi) is 5.22. The van der Waals surface area contributed by atoms with Gasteiger partial charge in [-0.1, -0.05) is 6.07 Å². The first-order chi connectivity index (χ1) is 10.2. The fourth-order valence-electron chi connectivity index (χ4n) is 2.00. The standard InChI is InChI=1S/C15H17N3O3/c1-21-15-6-5-14(18(19)20)10-12(15)11-16-9-7-13-4-2-3-8-17-13/h2-6,8,10,16H,7,9,11H2,1H3. The molecule has 0 aliphatic heterocycles. The average molecular weight is 287 g/mol. The van der Waals surface area contributed by atoms with Gasteiger partial charge in [-0.2, -0.15) is 0 Å². The van der Waals surface area contributed by atoms with Crippen LogP contribution in [0.2, 0.25) is 0 Å². The van der Waals surface area contributed by atoms with Gasteiger partial charge >= 0.3 is 0 Å². The molecule has 0 aliphatic carbocycles. The largest absolute Gasteiger partial charge is 0.496 e. The quantitative estimate of drug-likeness (QED) is 0.480. The third kappa shape index (κ3) is 4.25. The lowest BCUT2D eigenvalue weighted by Gasteiger charge is -2.09. The molecule has 110 valence electrons. The lowest BCUT2D eigenvalue weighted by molar-refractivity contribution is -0.384.